The third-order valence-corrected chi connectivity index (χ3v) is 4.95. The highest BCUT2D eigenvalue weighted by Crippen LogP contribution is 2.22. The van der Waals surface area contributed by atoms with E-state index in [9.17, 15) is 4.79 Å². The third kappa shape index (κ3) is 4.92. The molecule has 1 aromatic carbocycles. The molecule has 2 rings (SSSR count). The Labute approximate surface area is 139 Å². The second-order valence-electron chi connectivity index (χ2n) is 5.55. The van der Waals surface area contributed by atoms with Crippen molar-refractivity contribution in [2.75, 3.05) is 6.54 Å². The van der Waals surface area contributed by atoms with Gasteiger partial charge in [0.1, 0.15) is 0 Å². The number of benzene rings is 1. The summed E-state index contributed by atoms with van der Waals surface area (Å²) in [4.78, 5) is 12.2. The van der Waals surface area contributed by atoms with Crippen molar-refractivity contribution < 1.29 is 4.79 Å². The number of amides is 1. The van der Waals surface area contributed by atoms with Crippen molar-refractivity contribution in [1.29, 1.82) is 0 Å². The van der Waals surface area contributed by atoms with Gasteiger partial charge in [0, 0.05) is 10.1 Å². The molecule has 110 valence electrons. The number of carbonyl (C=O) groups excluding carboxylic acids is 1. The van der Waals surface area contributed by atoms with Crippen LogP contribution in [0.2, 0.25) is 5.02 Å². The largest absolute Gasteiger partial charge is 0.352 e. The van der Waals surface area contributed by atoms with Crippen LogP contribution in [0.15, 0.2) is 18.2 Å². The maximum absolute atomic E-state index is 12.2. The van der Waals surface area contributed by atoms with E-state index in [2.05, 4.69) is 27.9 Å². The van der Waals surface area contributed by atoms with Gasteiger partial charge in [-0.2, -0.15) is 0 Å². The van der Waals surface area contributed by atoms with Gasteiger partial charge in [0.2, 0.25) is 0 Å². The van der Waals surface area contributed by atoms with Crippen LogP contribution in [-0.4, -0.2) is 12.5 Å². The lowest BCUT2D eigenvalue weighted by Gasteiger charge is -2.20. The number of halogens is 2. The van der Waals surface area contributed by atoms with E-state index in [1.807, 2.05) is 12.1 Å². The first-order valence-corrected chi connectivity index (χ1v) is 8.86. The molecule has 0 aliphatic heterocycles. The minimum atomic E-state index is -0.0458. The summed E-state index contributed by atoms with van der Waals surface area (Å²) in [5.41, 5.74) is 0.587. The molecule has 1 fully saturated rings. The number of hydrogen-bond donors (Lipinski definition) is 1. The molecule has 1 N–H and O–H groups in total. The lowest BCUT2D eigenvalue weighted by atomic mass is 9.91. The summed E-state index contributed by atoms with van der Waals surface area (Å²) < 4.78 is 1.03. The molecule has 0 heterocycles. The predicted molar refractivity (Wildman–Crippen MR) is 92.3 cm³/mol. The second kappa shape index (κ2) is 8.23. The first-order valence-electron chi connectivity index (χ1n) is 7.40. The average molecular weight is 406 g/mol. The van der Waals surface area contributed by atoms with Crippen molar-refractivity contribution in [2.45, 2.75) is 44.9 Å². The van der Waals surface area contributed by atoms with Gasteiger partial charge < -0.3 is 5.32 Å². The molecule has 0 spiro atoms. The van der Waals surface area contributed by atoms with Gasteiger partial charge in [0.05, 0.1) is 10.6 Å². The summed E-state index contributed by atoms with van der Waals surface area (Å²) in [6.07, 6.45) is 9.12. The molecule has 1 aliphatic rings. The molecule has 4 heteroatoms. The monoisotopic (exact) mass is 405 g/mol. The molecular weight excluding hydrogens is 385 g/mol. The molecule has 1 saturated carbocycles. The molecule has 2 nitrogen and oxygen atoms in total. The summed E-state index contributed by atoms with van der Waals surface area (Å²) in [5.74, 6) is 0.580. The standard InChI is InChI=1S/C16H21ClINO/c17-15-9-8-13(18)10-14(15)16(20)19-11-12-6-4-2-1-3-5-7-12/h8-10,12H,1-7,11H2,(H,19,20). The summed E-state index contributed by atoms with van der Waals surface area (Å²) in [6.45, 7) is 0.778. The smallest absolute Gasteiger partial charge is 0.252 e. The van der Waals surface area contributed by atoms with Crippen LogP contribution in [-0.2, 0) is 0 Å². The maximum Gasteiger partial charge on any atom is 0.252 e. The van der Waals surface area contributed by atoms with Gasteiger partial charge in [-0.05, 0) is 59.5 Å². The Kier molecular flexibility index (Phi) is 6.62. The van der Waals surface area contributed by atoms with Crippen molar-refractivity contribution in [3.8, 4) is 0 Å². The minimum absolute atomic E-state index is 0.0458. The van der Waals surface area contributed by atoms with Gasteiger partial charge >= 0.3 is 0 Å². The van der Waals surface area contributed by atoms with Gasteiger partial charge in [-0.1, -0.05) is 43.7 Å². The van der Waals surface area contributed by atoms with E-state index in [0.29, 0.717) is 16.5 Å². The molecule has 1 aromatic rings. The quantitative estimate of drug-likeness (QED) is 0.702. The summed E-state index contributed by atoms with van der Waals surface area (Å²) in [7, 11) is 0. The van der Waals surface area contributed by atoms with Crippen molar-refractivity contribution in [3.63, 3.8) is 0 Å². The van der Waals surface area contributed by atoms with Crippen LogP contribution in [0, 0.1) is 9.49 Å². The second-order valence-corrected chi connectivity index (χ2v) is 7.20. The Bertz CT molecular complexity index is 456. The molecule has 0 saturated heterocycles. The maximum atomic E-state index is 12.2. The van der Waals surface area contributed by atoms with Crippen molar-refractivity contribution in [1.82, 2.24) is 5.32 Å². The SMILES string of the molecule is O=C(NCC1CCCCCCC1)c1cc(I)ccc1Cl. The predicted octanol–water partition coefficient (Wildman–Crippen LogP) is 5.03. The number of hydrogen-bond acceptors (Lipinski definition) is 1. The summed E-state index contributed by atoms with van der Waals surface area (Å²) >= 11 is 8.29. The zero-order chi connectivity index (χ0) is 14.4. The molecule has 0 unspecified atom stereocenters. The van der Waals surface area contributed by atoms with E-state index in [0.717, 1.165) is 10.1 Å². The summed E-state index contributed by atoms with van der Waals surface area (Å²) in [6, 6.07) is 5.54. The number of nitrogens with one attached hydrogen (secondary N) is 1. The average Bonchev–Trinajstić information content (AvgIpc) is 2.40. The Balaban J connectivity index is 1.89. The van der Waals surface area contributed by atoms with Crippen molar-refractivity contribution in [2.24, 2.45) is 5.92 Å². The molecule has 20 heavy (non-hydrogen) atoms. The van der Waals surface area contributed by atoms with Crippen LogP contribution < -0.4 is 5.32 Å². The fraction of sp³-hybridized carbons (Fsp3) is 0.562. The van der Waals surface area contributed by atoms with Crippen LogP contribution in [0.5, 0.6) is 0 Å². The topological polar surface area (TPSA) is 29.1 Å². The van der Waals surface area contributed by atoms with E-state index in [1.165, 1.54) is 44.9 Å². The van der Waals surface area contributed by atoms with E-state index in [-0.39, 0.29) is 5.91 Å². The highest BCUT2D eigenvalue weighted by Gasteiger charge is 2.15. The van der Waals surface area contributed by atoms with Gasteiger partial charge in [0.25, 0.3) is 5.91 Å². The molecule has 1 aliphatic carbocycles. The number of rotatable bonds is 3. The molecule has 1 amide bonds. The lowest BCUT2D eigenvalue weighted by Crippen LogP contribution is -2.30. The molecule has 0 bridgehead atoms. The third-order valence-electron chi connectivity index (χ3n) is 3.95. The van der Waals surface area contributed by atoms with Gasteiger partial charge in [0.15, 0.2) is 0 Å². The van der Waals surface area contributed by atoms with E-state index in [1.54, 1.807) is 6.07 Å². The van der Waals surface area contributed by atoms with Crippen molar-refractivity contribution in [3.05, 3.63) is 32.4 Å². The Hall–Kier alpha value is -0.290. The van der Waals surface area contributed by atoms with Crippen LogP contribution in [0.4, 0.5) is 0 Å². The first kappa shape index (κ1) is 16.1. The highest BCUT2D eigenvalue weighted by atomic mass is 127. The van der Waals surface area contributed by atoms with Crippen LogP contribution >= 0.6 is 34.2 Å². The van der Waals surface area contributed by atoms with Crippen LogP contribution in [0.25, 0.3) is 0 Å². The zero-order valence-corrected chi connectivity index (χ0v) is 14.5. The fourth-order valence-electron chi connectivity index (χ4n) is 2.75. The molecule has 0 aromatic heterocycles. The highest BCUT2D eigenvalue weighted by molar-refractivity contribution is 14.1. The van der Waals surface area contributed by atoms with Crippen LogP contribution in [0.3, 0.4) is 0 Å². The molecular formula is C16H21ClINO. The summed E-state index contributed by atoms with van der Waals surface area (Å²) in [5, 5.41) is 3.59. The van der Waals surface area contributed by atoms with E-state index in [4.69, 9.17) is 11.6 Å². The lowest BCUT2D eigenvalue weighted by molar-refractivity contribution is 0.0944. The van der Waals surface area contributed by atoms with Gasteiger partial charge in [-0.15, -0.1) is 0 Å². The number of carbonyl (C=O) groups is 1. The van der Waals surface area contributed by atoms with Gasteiger partial charge in [-0.25, -0.2) is 0 Å². The Morgan fingerprint density at radius 3 is 2.55 bits per heavy atom. The fourth-order valence-corrected chi connectivity index (χ4v) is 3.44. The zero-order valence-electron chi connectivity index (χ0n) is 11.6. The molecule has 0 radical (unpaired) electrons. The van der Waals surface area contributed by atoms with Gasteiger partial charge in [-0.3, -0.25) is 4.79 Å². The Morgan fingerprint density at radius 1 is 1.20 bits per heavy atom. The van der Waals surface area contributed by atoms with Crippen LogP contribution in [0.1, 0.15) is 55.3 Å². The first-order chi connectivity index (χ1) is 9.66. The van der Waals surface area contributed by atoms with E-state index < -0.39 is 0 Å². The van der Waals surface area contributed by atoms with E-state index >= 15 is 0 Å². The Morgan fingerprint density at radius 2 is 1.85 bits per heavy atom. The normalized spacial score (nSPS) is 17.3. The molecule has 0 atom stereocenters. The minimum Gasteiger partial charge on any atom is -0.352 e. The van der Waals surface area contributed by atoms with Crippen molar-refractivity contribution >= 4 is 40.1 Å².